The lowest BCUT2D eigenvalue weighted by molar-refractivity contribution is 0.727. The lowest BCUT2D eigenvalue weighted by atomic mass is 10.2. The van der Waals surface area contributed by atoms with Crippen LogP contribution in [0.1, 0.15) is 33.1 Å². The molecule has 0 rings (SSSR count). The molecule has 8 heavy (non-hydrogen) atoms. The van der Waals surface area contributed by atoms with Crippen molar-refractivity contribution in [3.05, 3.63) is 6.42 Å². The van der Waals surface area contributed by atoms with Gasteiger partial charge in [0, 0.05) is 4.83 Å². The number of unbranched alkanes of at least 4 members (excludes halogenated alkanes) is 1. The molecule has 0 aromatic rings. The summed E-state index contributed by atoms with van der Waals surface area (Å²) >= 11 is 3.52. The summed E-state index contributed by atoms with van der Waals surface area (Å²) in [7, 11) is 0. The Morgan fingerprint density at radius 1 is 1.62 bits per heavy atom. The van der Waals surface area contributed by atoms with Crippen LogP contribution in [0.5, 0.6) is 0 Å². The highest BCUT2D eigenvalue weighted by atomic mass is 79.9. The average molecular weight is 178 g/mol. The van der Waals surface area contributed by atoms with Gasteiger partial charge in [-0.2, -0.15) is 0 Å². The molecule has 0 aromatic carbocycles. The predicted molar refractivity (Wildman–Crippen MR) is 42.2 cm³/mol. The van der Waals surface area contributed by atoms with E-state index in [9.17, 15) is 0 Å². The fraction of sp³-hybridized carbons (Fsp3) is 0.857. The van der Waals surface area contributed by atoms with E-state index in [1.807, 2.05) is 0 Å². The maximum Gasteiger partial charge on any atom is 0.0174 e. The van der Waals surface area contributed by atoms with E-state index >= 15 is 0 Å². The molecule has 49 valence electrons. The molecule has 0 aromatic heterocycles. The molecule has 1 heteroatoms. The van der Waals surface area contributed by atoms with Crippen molar-refractivity contribution >= 4 is 15.9 Å². The zero-order valence-electron chi connectivity index (χ0n) is 5.65. The number of alkyl halides is 1. The third-order valence-corrected chi connectivity index (χ3v) is 2.18. The van der Waals surface area contributed by atoms with Crippen molar-refractivity contribution in [3.8, 4) is 0 Å². The summed E-state index contributed by atoms with van der Waals surface area (Å²) in [6.07, 6.45) is 6.11. The Bertz CT molecular complexity index is 43.7. The lowest BCUT2D eigenvalue weighted by Crippen LogP contribution is -1.93. The molecule has 1 radical (unpaired) electrons. The first-order valence-electron chi connectivity index (χ1n) is 3.24. The van der Waals surface area contributed by atoms with Crippen LogP contribution in [0.4, 0.5) is 0 Å². The molecule has 1 atom stereocenters. The van der Waals surface area contributed by atoms with Crippen LogP contribution in [0.3, 0.4) is 0 Å². The van der Waals surface area contributed by atoms with Crippen LogP contribution >= 0.6 is 15.9 Å². The number of halogens is 1. The van der Waals surface area contributed by atoms with Gasteiger partial charge < -0.3 is 0 Å². The first kappa shape index (κ1) is 8.48. The first-order valence-corrected chi connectivity index (χ1v) is 4.16. The summed E-state index contributed by atoms with van der Waals surface area (Å²) < 4.78 is 0. The van der Waals surface area contributed by atoms with Crippen LogP contribution in [0.15, 0.2) is 0 Å². The van der Waals surface area contributed by atoms with E-state index in [0.29, 0.717) is 4.83 Å². The van der Waals surface area contributed by atoms with Crippen LogP contribution in [-0.2, 0) is 0 Å². The Morgan fingerprint density at radius 3 is 2.62 bits per heavy atom. The number of hydrogen-bond acceptors (Lipinski definition) is 0. The van der Waals surface area contributed by atoms with Crippen molar-refractivity contribution in [1.29, 1.82) is 0 Å². The quantitative estimate of drug-likeness (QED) is 0.580. The van der Waals surface area contributed by atoms with Crippen molar-refractivity contribution in [2.24, 2.45) is 0 Å². The highest BCUT2D eigenvalue weighted by Gasteiger charge is 1.97. The summed E-state index contributed by atoms with van der Waals surface area (Å²) in [5.41, 5.74) is 0. The summed E-state index contributed by atoms with van der Waals surface area (Å²) in [5, 5.41) is 0. The van der Waals surface area contributed by atoms with Gasteiger partial charge in [0.25, 0.3) is 0 Å². The minimum Gasteiger partial charge on any atom is -0.0888 e. The summed E-state index contributed by atoms with van der Waals surface area (Å²) in [4.78, 5) is 0.641. The van der Waals surface area contributed by atoms with Gasteiger partial charge in [0.15, 0.2) is 0 Å². The normalized spacial score (nSPS) is 13.9. The third kappa shape index (κ3) is 4.63. The topological polar surface area (TPSA) is 0 Å². The second kappa shape index (κ2) is 5.61. The fourth-order valence-electron chi connectivity index (χ4n) is 0.566. The summed E-state index contributed by atoms with van der Waals surface area (Å²) in [6.45, 7) is 4.31. The van der Waals surface area contributed by atoms with Crippen LogP contribution in [0.25, 0.3) is 0 Å². The molecule has 0 aliphatic heterocycles. The van der Waals surface area contributed by atoms with Crippen molar-refractivity contribution in [1.82, 2.24) is 0 Å². The zero-order valence-corrected chi connectivity index (χ0v) is 7.24. The Labute approximate surface area is 60.8 Å². The molecule has 0 saturated heterocycles. The van der Waals surface area contributed by atoms with E-state index in [4.69, 9.17) is 0 Å². The van der Waals surface area contributed by atoms with Gasteiger partial charge in [-0.25, -0.2) is 0 Å². The molecule has 1 unspecified atom stereocenters. The molecule has 0 saturated carbocycles. The van der Waals surface area contributed by atoms with E-state index in [-0.39, 0.29) is 0 Å². The predicted octanol–water partition coefficient (Wildman–Crippen LogP) is 3.16. The highest BCUT2D eigenvalue weighted by Crippen LogP contribution is 2.11. The van der Waals surface area contributed by atoms with Gasteiger partial charge in [-0.3, -0.25) is 0 Å². The molecule has 0 heterocycles. The van der Waals surface area contributed by atoms with Crippen LogP contribution in [0.2, 0.25) is 0 Å². The molecule has 0 N–H and O–H groups in total. The summed E-state index contributed by atoms with van der Waals surface area (Å²) in [6, 6.07) is 0. The molecule has 0 aliphatic carbocycles. The van der Waals surface area contributed by atoms with Gasteiger partial charge in [-0.1, -0.05) is 42.6 Å². The van der Waals surface area contributed by atoms with E-state index < -0.39 is 0 Å². The molecule has 0 amide bonds. The van der Waals surface area contributed by atoms with Crippen molar-refractivity contribution in [3.63, 3.8) is 0 Å². The number of hydrogen-bond donors (Lipinski definition) is 0. The Morgan fingerprint density at radius 2 is 2.25 bits per heavy atom. The van der Waals surface area contributed by atoms with Gasteiger partial charge in [-0.15, -0.1) is 0 Å². The lowest BCUT2D eigenvalue weighted by Gasteiger charge is -2.02. The maximum absolute atomic E-state index is 3.52. The minimum absolute atomic E-state index is 0.641. The molecule has 0 spiro atoms. The van der Waals surface area contributed by atoms with Crippen LogP contribution in [-0.4, -0.2) is 4.83 Å². The van der Waals surface area contributed by atoms with Gasteiger partial charge >= 0.3 is 0 Å². The van der Waals surface area contributed by atoms with E-state index in [0.717, 1.165) is 0 Å². The second-order valence-electron chi connectivity index (χ2n) is 1.99. The van der Waals surface area contributed by atoms with Crippen molar-refractivity contribution in [2.45, 2.75) is 37.9 Å². The second-order valence-corrected chi connectivity index (χ2v) is 3.17. The van der Waals surface area contributed by atoms with E-state index in [1.54, 1.807) is 0 Å². The Kier molecular flexibility index (Phi) is 5.95. The van der Waals surface area contributed by atoms with Crippen molar-refractivity contribution < 1.29 is 0 Å². The Balaban J connectivity index is 2.86. The maximum atomic E-state index is 3.52. The summed E-state index contributed by atoms with van der Waals surface area (Å²) in [5.74, 6) is 0. The van der Waals surface area contributed by atoms with Crippen LogP contribution in [0, 0.1) is 6.42 Å². The van der Waals surface area contributed by atoms with E-state index in [1.165, 1.54) is 19.3 Å². The first-order chi connectivity index (χ1) is 3.81. The minimum atomic E-state index is 0.641. The standard InChI is InChI=1S/C7H14Br/c1-3-5-6-7(8)4-2/h4,7H,3,5-6H2,1-2H3. The van der Waals surface area contributed by atoms with Crippen LogP contribution < -0.4 is 0 Å². The highest BCUT2D eigenvalue weighted by molar-refractivity contribution is 9.09. The molecule has 0 aliphatic rings. The smallest absolute Gasteiger partial charge is 0.0174 e. The number of rotatable bonds is 4. The zero-order chi connectivity index (χ0) is 6.41. The molecular formula is C7H14Br. The van der Waals surface area contributed by atoms with E-state index in [2.05, 4.69) is 36.2 Å². The molecule has 0 bridgehead atoms. The van der Waals surface area contributed by atoms with Gasteiger partial charge in [0.2, 0.25) is 0 Å². The average Bonchev–Trinajstić information content (AvgIpc) is 1.83. The molecule has 0 fully saturated rings. The van der Waals surface area contributed by atoms with Crippen molar-refractivity contribution in [2.75, 3.05) is 0 Å². The van der Waals surface area contributed by atoms with Gasteiger partial charge in [0.05, 0.1) is 0 Å². The van der Waals surface area contributed by atoms with Gasteiger partial charge in [0.1, 0.15) is 0 Å². The monoisotopic (exact) mass is 177 g/mol. The molecule has 0 nitrogen and oxygen atoms in total. The SMILES string of the molecule is C[CH]C(Br)CCCC. The fourth-order valence-corrected chi connectivity index (χ4v) is 0.890. The Hall–Kier alpha value is 0.480. The molecular weight excluding hydrogens is 164 g/mol. The third-order valence-electron chi connectivity index (χ3n) is 1.20. The van der Waals surface area contributed by atoms with Gasteiger partial charge in [-0.05, 0) is 12.8 Å². The largest absolute Gasteiger partial charge is 0.0888 e.